The number of nitrogens with zero attached hydrogens (tertiary/aromatic N) is 1. The summed E-state index contributed by atoms with van der Waals surface area (Å²) in [6.45, 7) is 0. The molecule has 5 heteroatoms. The molecule has 1 N–H and O–H groups in total. The predicted octanol–water partition coefficient (Wildman–Crippen LogP) is 3.53. The summed E-state index contributed by atoms with van der Waals surface area (Å²) in [5, 5.41) is 10.6. The standard InChI is InChI=1S/C13H11NO2S2/c15-13(16)2-1-10-5-8-17-12(10)9-18-11-3-6-14-7-4-11/h1-8H,9H2,(H,15,16). The second-order valence-electron chi connectivity index (χ2n) is 3.44. The molecule has 0 radical (unpaired) electrons. The van der Waals surface area contributed by atoms with Crippen LogP contribution in [0.4, 0.5) is 0 Å². The van der Waals surface area contributed by atoms with Crippen molar-refractivity contribution < 1.29 is 9.90 Å². The van der Waals surface area contributed by atoms with Crippen molar-refractivity contribution in [3.05, 3.63) is 52.5 Å². The molecule has 2 heterocycles. The van der Waals surface area contributed by atoms with Crippen LogP contribution in [0.3, 0.4) is 0 Å². The Morgan fingerprint density at radius 3 is 2.89 bits per heavy atom. The van der Waals surface area contributed by atoms with E-state index < -0.39 is 5.97 Å². The van der Waals surface area contributed by atoms with Crippen LogP contribution in [0.2, 0.25) is 0 Å². The van der Waals surface area contributed by atoms with Gasteiger partial charge in [-0.1, -0.05) is 0 Å². The zero-order valence-corrected chi connectivity index (χ0v) is 11.1. The molecule has 0 unspecified atom stereocenters. The molecule has 92 valence electrons. The van der Waals surface area contributed by atoms with Crippen molar-refractivity contribution in [3.8, 4) is 0 Å². The number of thiophene rings is 1. The van der Waals surface area contributed by atoms with Crippen molar-refractivity contribution in [1.29, 1.82) is 0 Å². The van der Waals surface area contributed by atoms with E-state index in [1.54, 1.807) is 41.6 Å². The summed E-state index contributed by atoms with van der Waals surface area (Å²) < 4.78 is 0. The highest BCUT2D eigenvalue weighted by molar-refractivity contribution is 7.98. The fourth-order valence-electron chi connectivity index (χ4n) is 1.36. The normalized spacial score (nSPS) is 10.9. The van der Waals surface area contributed by atoms with Crippen LogP contribution in [0.25, 0.3) is 6.08 Å². The van der Waals surface area contributed by atoms with E-state index in [4.69, 9.17) is 5.11 Å². The minimum atomic E-state index is -0.922. The number of carbonyl (C=O) groups is 1. The number of rotatable bonds is 5. The van der Waals surface area contributed by atoms with E-state index in [-0.39, 0.29) is 0 Å². The van der Waals surface area contributed by atoms with E-state index in [1.165, 1.54) is 11.0 Å². The quantitative estimate of drug-likeness (QED) is 0.671. The minimum Gasteiger partial charge on any atom is -0.478 e. The largest absolute Gasteiger partial charge is 0.478 e. The fraction of sp³-hybridized carbons (Fsp3) is 0.0769. The third kappa shape index (κ3) is 3.72. The Morgan fingerprint density at radius 1 is 1.39 bits per heavy atom. The van der Waals surface area contributed by atoms with Crippen molar-refractivity contribution in [2.75, 3.05) is 0 Å². The average molecular weight is 277 g/mol. The number of thioether (sulfide) groups is 1. The number of carboxylic acid groups (broad SMARTS) is 1. The molecule has 0 amide bonds. The van der Waals surface area contributed by atoms with Crippen LogP contribution in [0.15, 0.2) is 46.9 Å². The summed E-state index contributed by atoms with van der Waals surface area (Å²) in [6, 6.07) is 5.86. The summed E-state index contributed by atoms with van der Waals surface area (Å²) in [5.41, 5.74) is 0.976. The van der Waals surface area contributed by atoms with Crippen LogP contribution in [-0.4, -0.2) is 16.1 Å². The molecule has 2 aromatic heterocycles. The lowest BCUT2D eigenvalue weighted by atomic mass is 10.2. The Hall–Kier alpha value is -1.59. The highest BCUT2D eigenvalue weighted by Gasteiger charge is 2.03. The molecule has 0 saturated heterocycles. The highest BCUT2D eigenvalue weighted by atomic mass is 32.2. The Kier molecular flexibility index (Phi) is 4.55. The second-order valence-corrected chi connectivity index (χ2v) is 5.49. The first-order valence-electron chi connectivity index (χ1n) is 5.26. The predicted molar refractivity (Wildman–Crippen MR) is 74.8 cm³/mol. The van der Waals surface area contributed by atoms with Gasteiger partial charge in [-0.2, -0.15) is 0 Å². The van der Waals surface area contributed by atoms with Gasteiger partial charge in [-0.25, -0.2) is 4.79 Å². The van der Waals surface area contributed by atoms with Gasteiger partial charge in [-0.3, -0.25) is 4.98 Å². The fourth-order valence-corrected chi connectivity index (χ4v) is 3.24. The molecule has 3 nitrogen and oxygen atoms in total. The maximum Gasteiger partial charge on any atom is 0.328 e. The Bertz CT molecular complexity index is 549. The van der Waals surface area contributed by atoms with Crippen molar-refractivity contribution >= 4 is 35.1 Å². The van der Waals surface area contributed by atoms with E-state index in [0.717, 1.165) is 16.2 Å². The molecule has 0 aliphatic heterocycles. The summed E-state index contributed by atoms with van der Waals surface area (Å²) in [7, 11) is 0. The summed E-state index contributed by atoms with van der Waals surface area (Å²) in [6.07, 6.45) is 6.34. The average Bonchev–Trinajstić information content (AvgIpc) is 2.82. The van der Waals surface area contributed by atoms with Gasteiger partial charge in [0.15, 0.2) is 0 Å². The van der Waals surface area contributed by atoms with Crippen LogP contribution < -0.4 is 0 Å². The molecule has 0 bridgehead atoms. The summed E-state index contributed by atoms with van der Waals surface area (Å²) >= 11 is 3.36. The molecule has 0 fully saturated rings. The SMILES string of the molecule is O=C(O)C=Cc1ccsc1CSc1ccncc1. The van der Waals surface area contributed by atoms with Gasteiger partial charge in [0.05, 0.1) is 0 Å². The second kappa shape index (κ2) is 6.37. The molecule has 0 aliphatic rings. The first kappa shape index (κ1) is 12.9. The first-order valence-corrected chi connectivity index (χ1v) is 7.12. The lowest BCUT2D eigenvalue weighted by Gasteiger charge is -2.00. The van der Waals surface area contributed by atoms with Gasteiger partial charge < -0.3 is 5.11 Å². The van der Waals surface area contributed by atoms with Crippen LogP contribution in [0, 0.1) is 0 Å². The van der Waals surface area contributed by atoms with E-state index in [0.29, 0.717) is 0 Å². The molecule has 0 aliphatic carbocycles. The topological polar surface area (TPSA) is 50.2 Å². The van der Waals surface area contributed by atoms with Crippen molar-refractivity contribution in [2.45, 2.75) is 10.6 Å². The molecule has 0 spiro atoms. The van der Waals surface area contributed by atoms with Gasteiger partial charge in [0.25, 0.3) is 0 Å². The van der Waals surface area contributed by atoms with Gasteiger partial charge in [0, 0.05) is 34.0 Å². The van der Waals surface area contributed by atoms with E-state index in [9.17, 15) is 4.79 Å². The Labute approximate surface area is 113 Å². The van der Waals surface area contributed by atoms with E-state index in [2.05, 4.69) is 4.98 Å². The molecule has 0 atom stereocenters. The van der Waals surface area contributed by atoms with Gasteiger partial charge in [-0.15, -0.1) is 23.1 Å². The molecule has 0 aromatic carbocycles. The van der Waals surface area contributed by atoms with Crippen molar-refractivity contribution in [1.82, 2.24) is 4.98 Å². The maximum absolute atomic E-state index is 10.5. The van der Waals surface area contributed by atoms with E-state index >= 15 is 0 Å². The van der Waals surface area contributed by atoms with Crippen LogP contribution in [0.5, 0.6) is 0 Å². The van der Waals surface area contributed by atoms with Gasteiger partial charge in [-0.05, 0) is 35.2 Å². The molecular weight excluding hydrogens is 266 g/mol. The van der Waals surface area contributed by atoms with Crippen LogP contribution in [-0.2, 0) is 10.5 Å². The number of aromatic nitrogens is 1. The highest BCUT2D eigenvalue weighted by Crippen LogP contribution is 2.27. The van der Waals surface area contributed by atoms with Crippen LogP contribution >= 0.6 is 23.1 Å². The maximum atomic E-state index is 10.5. The molecule has 2 rings (SSSR count). The molecule has 18 heavy (non-hydrogen) atoms. The molecule has 2 aromatic rings. The zero-order valence-electron chi connectivity index (χ0n) is 9.45. The van der Waals surface area contributed by atoms with E-state index in [1.807, 2.05) is 23.6 Å². The molecular formula is C13H11NO2S2. The molecule has 0 saturated carbocycles. The first-order chi connectivity index (χ1) is 8.75. The summed E-state index contributed by atoms with van der Waals surface area (Å²) in [5.74, 6) is -0.0880. The number of pyridine rings is 1. The number of hydrogen-bond donors (Lipinski definition) is 1. The number of aliphatic carboxylic acids is 1. The van der Waals surface area contributed by atoms with Crippen molar-refractivity contribution in [2.24, 2.45) is 0 Å². The van der Waals surface area contributed by atoms with Gasteiger partial charge in [0.2, 0.25) is 0 Å². The third-order valence-corrected chi connectivity index (χ3v) is 4.36. The Morgan fingerprint density at radius 2 is 2.17 bits per heavy atom. The summed E-state index contributed by atoms with van der Waals surface area (Å²) in [4.78, 5) is 16.8. The minimum absolute atomic E-state index is 0.834. The van der Waals surface area contributed by atoms with Gasteiger partial charge >= 0.3 is 5.97 Å². The lowest BCUT2D eigenvalue weighted by Crippen LogP contribution is -1.86. The monoisotopic (exact) mass is 277 g/mol. The van der Waals surface area contributed by atoms with Crippen LogP contribution in [0.1, 0.15) is 10.4 Å². The van der Waals surface area contributed by atoms with Crippen molar-refractivity contribution in [3.63, 3.8) is 0 Å². The lowest BCUT2D eigenvalue weighted by molar-refractivity contribution is -0.131. The smallest absolute Gasteiger partial charge is 0.328 e. The third-order valence-electron chi connectivity index (χ3n) is 2.21. The van der Waals surface area contributed by atoms with Gasteiger partial charge in [0.1, 0.15) is 0 Å². The number of carboxylic acids is 1. The zero-order chi connectivity index (χ0) is 12.8. The number of hydrogen-bond acceptors (Lipinski definition) is 4. The Balaban J connectivity index is 2.02.